The third-order valence-corrected chi connectivity index (χ3v) is 8.12. The predicted octanol–water partition coefficient (Wildman–Crippen LogP) is 5.74. The number of fused-ring (bicyclic) bond motifs is 3. The Kier molecular flexibility index (Phi) is 5.68. The highest BCUT2D eigenvalue weighted by Crippen LogP contribution is 2.40. The van der Waals surface area contributed by atoms with Gasteiger partial charge in [-0.3, -0.25) is 4.98 Å². The van der Waals surface area contributed by atoms with Crippen LogP contribution in [-0.2, 0) is 12.8 Å². The van der Waals surface area contributed by atoms with Gasteiger partial charge >= 0.3 is 0 Å². The molecule has 4 aromatic rings. The molecule has 0 radical (unpaired) electrons. The van der Waals surface area contributed by atoms with E-state index >= 15 is 0 Å². The zero-order valence-electron chi connectivity index (χ0n) is 18.9. The highest BCUT2D eigenvalue weighted by atomic mass is 32.1. The molecule has 33 heavy (non-hydrogen) atoms. The molecule has 6 heteroatoms. The van der Waals surface area contributed by atoms with Gasteiger partial charge in [0.1, 0.15) is 10.6 Å². The van der Waals surface area contributed by atoms with Crippen LogP contribution in [0.25, 0.3) is 21.6 Å². The Balaban J connectivity index is 1.41. The molecule has 0 unspecified atom stereocenters. The van der Waals surface area contributed by atoms with E-state index in [1.807, 2.05) is 35.9 Å². The average Bonchev–Trinajstić information content (AvgIpc) is 3.21. The lowest BCUT2D eigenvalue weighted by atomic mass is 9.97. The SMILES string of the molecule is c1ccc(N2CCN(c3nc(-c4ccncc4)nc4sc5c(c34)CCCCCC5)CC2)cc1. The summed E-state index contributed by atoms with van der Waals surface area (Å²) in [6.45, 7) is 3.96. The van der Waals surface area contributed by atoms with E-state index in [0.717, 1.165) is 54.6 Å². The van der Waals surface area contributed by atoms with Crippen molar-refractivity contribution in [1.82, 2.24) is 15.0 Å². The Morgan fingerprint density at radius 3 is 2.24 bits per heavy atom. The van der Waals surface area contributed by atoms with Crippen LogP contribution in [0.4, 0.5) is 11.5 Å². The number of piperazine rings is 1. The van der Waals surface area contributed by atoms with Crippen LogP contribution in [0, 0.1) is 0 Å². The molecule has 0 bridgehead atoms. The minimum absolute atomic E-state index is 0.819. The van der Waals surface area contributed by atoms with Crippen molar-refractivity contribution >= 4 is 33.1 Å². The lowest BCUT2D eigenvalue weighted by molar-refractivity contribution is 0.623. The van der Waals surface area contributed by atoms with Gasteiger partial charge in [-0.05, 0) is 55.5 Å². The Hall–Kier alpha value is -2.99. The van der Waals surface area contributed by atoms with E-state index in [0.29, 0.717) is 0 Å². The van der Waals surface area contributed by atoms with Gasteiger partial charge in [0.15, 0.2) is 5.82 Å². The number of aromatic nitrogens is 3. The van der Waals surface area contributed by atoms with Crippen molar-refractivity contribution in [3.63, 3.8) is 0 Å². The molecule has 0 saturated carbocycles. The van der Waals surface area contributed by atoms with E-state index in [1.165, 1.54) is 53.6 Å². The molecule has 3 aromatic heterocycles. The Labute approximate surface area is 199 Å². The second-order valence-corrected chi connectivity index (χ2v) is 10.1. The van der Waals surface area contributed by atoms with Crippen molar-refractivity contribution < 1.29 is 0 Å². The molecule has 0 amide bonds. The molecule has 0 N–H and O–H groups in total. The Bertz CT molecular complexity index is 1230. The molecular weight excluding hydrogens is 426 g/mol. The third-order valence-electron chi connectivity index (χ3n) is 6.93. The first-order valence-electron chi connectivity index (χ1n) is 12.1. The third kappa shape index (κ3) is 4.08. The predicted molar refractivity (Wildman–Crippen MR) is 137 cm³/mol. The summed E-state index contributed by atoms with van der Waals surface area (Å²) in [4.78, 5) is 22.1. The number of rotatable bonds is 3. The van der Waals surface area contributed by atoms with Crippen LogP contribution >= 0.6 is 11.3 Å². The number of aryl methyl sites for hydroxylation is 2. The van der Waals surface area contributed by atoms with Gasteiger partial charge in [-0.1, -0.05) is 31.0 Å². The molecule has 1 aliphatic heterocycles. The fraction of sp³-hybridized carbons (Fsp3) is 0.370. The summed E-state index contributed by atoms with van der Waals surface area (Å²) in [6.07, 6.45) is 11.2. The van der Waals surface area contributed by atoms with Gasteiger partial charge in [0.25, 0.3) is 0 Å². The van der Waals surface area contributed by atoms with Crippen LogP contribution in [0.2, 0.25) is 0 Å². The molecule has 0 spiro atoms. The van der Waals surface area contributed by atoms with Crippen LogP contribution < -0.4 is 9.80 Å². The second kappa shape index (κ2) is 9.10. The van der Waals surface area contributed by atoms with Gasteiger partial charge in [-0.25, -0.2) is 9.97 Å². The van der Waals surface area contributed by atoms with Crippen LogP contribution in [0.3, 0.4) is 0 Å². The molecule has 1 aliphatic carbocycles. The van der Waals surface area contributed by atoms with E-state index in [-0.39, 0.29) is 0 Å². The Morgan fingerprint density at radius 1 is 0.727 bits per heavy atom. The van der Waals surface area contributed by atoms with Gasteiger partial charge in [0.2, 0.25) is 0 Å². The Morgan fingerprint density at radius 2 is 1.45 bits per heavy atom. The summed E-state index contributed by atoms with van der Waals surface area (Å²) in [5.41, 5.74) is 3.87. The van der Waals surface area contributed by atoms with E-state index in [4.69, 9.17) is 9.97 Å². The molecule has 1 aromatic carbocycles. The van der Waals surface area contributed by atoms with Gasteiger partial charge in [0.05, 0.1) is 5.39 Å². The number of pyridine rings is 1. The topological polar surface area (TPSA) is 45.2 Å². The number of hydrogen-bond donors (Lipinski definition) is 0. The lowest BCUT2D eigenvalue weighted by Gasteiger charge is -2.37. The van der Waals surface area contributed by atoms with Crippen LogP contribution in [0.5, 0.6) is 0 Å². The number of anilines is 2. The van der Waals surface area contributed by atoms with Gasteiger partial charge in [0, 0.05) is 54.7 Å². The average molecular weight is 456 g/mol. The molecule has 6 rings (SSSR count). The van der Waals surface area contributed by atoms with Crippen molar-refractivity contribution in [2.75, 3.05) is 36.0 Å². The van der Waals surface area contributed by atoms with Crippen molar-refractivity contribution in [3.05, 3.63) is 65.3 Å². The second-order valence-electron chi connectivity index (χ2n) is 9.01. The zero-order valence-corrected chi connectivity index (χ0v) is 19.7. The summed E-state index contributed by atoms with van der Waals surface area (Å²) in [5.74, 6) is 1.96. The van der Waals surface area contributed by atoms with Crippen LogP contribution in [0.1, 0.15) is 36.1 Å². The van der Waals surface area contributed by atoms with E-state index in [2.05, 4.69) is 45.1 Å². The van der Waals surface area contributed by atoms with E-state index in [1.54, 1.807) is 0 Å². The molecule has 5 nitrogen and oxygen atoms in total. The largest absolute Gasteiger partial charge is 0.368 e. The molecular formula is C27H29N5S. The van der Waals surface area contributed by atoms with Crippen molar-refractivity contribution in [2.24, 2.45) is 0 Å². The van der Waals surface area contributed by atoms with Crippen molar-refractivity contribution in [1.29, 1.82) is 0 Å². The van der Waals surface area contributed by atoms with Crippen LogP contribution in [0.15, 0.2) is 54.9 Å². The molecule has 1 saturated heterocycles. The van der Waals surface area contributed by atoms with E-state index < -0.39 is 0 Å². The van der Waals surface area contributed by atoms with E-state index in [9.17, 15) is 0 Å². The quantitative estimate of drug-likeness (QED) is 0.394. The van der Waals surface area contributed by atoms with Crippen molar-refractivity contribution in [3.8, 4) is 11.4 Å². The maximum absolute atomic E-state index is 5.20. The number of para-hydroxylation sites is 1. The summed E-state index contributed by atoms with van der Waals surface area (Å²) < 4.78 is 0. The van der Waals surface area contributed by atoms with Gasteiger partial charge in [-0.15, -0.1) is 11.3 Å². The minimum atomic E-state index is 0.819. The maximum atomic E-state index is 5.20. The number of thiophene rings is 1. The summed E-state index contributed by atoms with van der Waals surface area (Å²) in [6, 6.07) is 14.8. The number of hydrogen-bond acceptors (Lipinski definition) is 6. The molecule has 168 valence electrons. The molecule has 0 atom stereocenters. The van der Waals surface area contributed by atoms with Gasteiger partial charge in [-0.2, -0.15) is 0 Å². The zero-order chi connectivity index (χ0) is 22.0. The maximum Gasteiger partial charge on any atom is 0.163 e. The minimum Gasteiger partial charge on any atom is -0.368 e. The monoisotopic (exact) mass is 455 g/mol. The standard InChI is InChI=1S/C27H29N5S/c1-2-7-11-23-22(10-6-1)24-26(29-25(30-27(24)33-23)20-12-14-28-15-13-20)32-18-16-31(17-19-32)21-8-4-3-5-9-21/h3-5,8-9,12-15H,1-2,6-7,10-11,16-19H2. The van der Waals surface area contributed by atoms with Gasteiger partial charge < -0.3 is 9.80 Å². The number of nitrogens with zero attached hydrogens (tertiary/aromatic N) is 5. The summed E-state index contributed by atoms with van der Waals surface area (Å²) in [5, 5.41) is 1.32. The van der Waals surface area contributed by atoms with Crippen molar-refractivity contribution in [2.45, 2.75) is 38.5 Å². The summed E-state index contributed by atoms with van der Waals surface area (Å²) >= 11 is 1.90. The highest BCUT2D eigenvalue weighted by Gasteiger charge is 2.26. The van der Waals surface area contributed by atoms with Crippen LogP contribution in [-0.4, -0.2) is 41.1 Å². The summed E-state index contributed by atoms with van der Waals surface area (Å²) in [7, 11) is 0. The molecule has 2 aliphatic rings. The lowest BCUT2D eigenvalue weighted by Crippen LogP contribution is -2.47. The first kappa shape index (κ1) is 20.6. The first-order chi connectivity index (χ1) is 16.4. The smallest absolute Gasteiger partial charge is 0.163 e. The highest BCUT2D eigenvalue weighted by molar-refractivity contribution is 7.19. The number of benzene rings is 1. The molecule has 4 heterocycles. The fourth-order valence-electron chi connectivity index (χ4n) is 5.17. The molecule has 1 fully saturated rings. The normalized spacial score (nSPS) is 17.0. The fourth-order valence-corrected chi connectivity index (χ4v) is 6.42. The first-order valence-corrected chi connectivity index (χ1v) is 13.0.